The van der Waals surface area contributed by atoms with Gasteiger partial charge in [0.2, 0.25) is 0 Å². The van der Waals surface area contributed by atoms with Crippen molar-refractivity contribution >= 4 is 11.7 Å². The van der Waals surface area contributed by atoms with E-state index in [1.165, 1.54) is 4.90 Å². The Hall–Kier alpha value is -3.51. The van der Waals surface area contributed by atoms with Gasteiger partial charge in [0.1, 0.15) is 17.3 Å². The summed E-state index contributed by atoms with van der Waals surface area (Å²) in [6.07, 6.45) is 0.441. The molecule has 4 rings (SSSR count). The summed E-state index contributed by atoms with van der Waals surface area (Å²) < 4.78 is 37.0. The van der Waals surface area contributed by atoms with Crippen molar-refractivity contribution < 1.29 is 23.4 Å². The van der Waals surface area contributed by atoms with Crippen LogP contribution < -0.4 is 0 Å². The third kappa shape index (κ3) is 3.57. The van der Waals surface area contributed by atoms with Crippen LogP contribution in [0.2, 0.25) is 0 Å². The monoisotopic (exact) mass is 412 g/mol. The number of rotatable bonds is 3. The Morgan fingerprint density at radius 1 is 1.37 bits per heavy atom. The van der Waals surface area contributed by atoms with E-state index in [0.717, 1.165) is 17.7 Å². The van der Waals surface area contributed by atoms with Crippen molar-refractivity contribution in [2.75, 3.05) is 19.7 Å². The van der Waals surface area contributed by atoms with E-state index in [0.29, 0.717) is 11.3 Å². The van der Waals surface area contributed by atoms with Gasteiger partial charge in [0.25, 0.3) is 0 Å². The van der Waals surface area contributed by atoms with Gasteiger partial charge < -0.3 is 19.1 Å². The first-order valence-electron chi connectivity index (χ1n) is 9.34. The fraction of sp³-hybridized carbons (Fsp3) is 0.286. The summed E-state index contributed by atoms with van der Waals surface area (Å²) in [7, 11) is 0. The molecule has 30 heavy (non-hydrogen) atoms. The zero-order valence-corrected chi connectivity index (χ0v) is 16.1. The molecule has 2 aromatic heterocycles. The normalized spacial score (nSPS) is 16.6. The van der Waals surface area contributed by atoms with E-state index in [1.807, 2.05) is 13.0 Å². The molecule has 1 amide bonds. The lowest BCUT2D eigenvalue weighted by atomic mass is 10.0. The van der Waals surface area contributed by atoms with Gasteiger partial charge in [-0.25, -0.2) is 18.6 Å². The van der Waals surface area contributed by atoms with E-state index in [-0.39, 0.29) is 42.9 Å². The van der Waals surface area contributed by atoms with Gasteiger partial charge in [-0.1, -0.05) is 0 Å². The number of halogens is 2. The summed E-state index contributed by atoms with van der Waals surface area (Å²) in [4.78, 5) is 17.0. The number of amides is 1. The summed E-state index contributed by atoms with van der Waals surface area (Å²) in [5.74, 6) is -1.77. The fourth-order valence-corrected chi connectivity index (χ4v) is 3.69. The standard InChI is InChI=1S/C21H18F2N4O3/c1-12-2-3-27-17(9-14-11-26(21(28)29)4-5-30-14)20(25-18(27)6-12)19-15(22)7-13(10-24)8-16(19)23/h2-3,6-8,14H,4-5,9,11H2,1H3,(H,28,29)/t14-/m0/s1. The average Bonchev–Trinajstić information content (AvgIpc) is 3.04. The van der Waals surface area contributed by atoms with Gasteiger partial charge in [-0.3, -0.25) is 0 Å². The lowest BCUT2D eigenvalue weighted by Gasteiger charge is -2.31. The molecule has 3 aromatic rings. The fourth-order valence-electron chi connectivity index (χ4n) is 3.69. The van der Waals surface area contributed by atoms with Crippen molar-refractivity contribution in [1.82, 2.24) is 14.3 Å². The summed E-state index contributed by atoms with van der Waals surface area (Å²) in [6, 6.07) is 7.31. The highest BCUT2D eigenvalue weighted by atomic mass is 19.1. The third-order valence-electron chi connectivity index (χ3n) is 5.12. The van der Waals surface area contributed by atoms with Crippen molar-refractivity contribution in [2.45, 2.75) is 19.4 Å². The SMILES string of the molecule is Cc1ccn2c(C[C@H]3CN(C(=O)O)CCO3)c(-c3c(F)cc(C#N)cc3F)nc2c1. The Labute approximate surface area is 170 Å². The average molecular weight is 412 g/mol. The van der Waals surface area contributed by atoms with E-state index >= 15 is 0 Å². The van der Waals surface area contributed by atoms with Crippen LogP contribution in [0.5, 0.6) is 0 Å². The van der Waals surface area contributed by atoms with E-state index < -0.39 is 23.8 Å². The molecule has 1 aliphatic rings. The van der Waals surface area contributed by atoms with Crippen molar-refractivity contribution in [3.63, 3.8) is 0 Å². The molecule has 154 valence electrons. The number of imidazole rings is 1. The quantitative estimate of drug-likeness (QED) is 0.712. The lowest BCUT2D eigenvalue weighted by molar-refractivity contribution is -0.0214. The molecule has 0 aliphatic carbocycles. The Morgan fingerprint density at radius 3 is 2.77 bits per heavy atom. The highest BCUT2D eigenvalue weighted by Gasteiger charge is 2.28. The molecule has 7 nitrogen and oxygen atoms in total. The lowest BCUT2D eigenvalue weighted by Crippen LogP contribution is -2.45. The molecule has 1 aliphatic heterocycles. The van der Waals surface area contributed by atoms with Gasteiger partial charge in [0.15, 0.2) is 0 Å². The minimum Gasteiger partial charge on any atom is -0.465 e. The number of aromatic nitrogens is 2. The summed E-state index contributed by atoms with van der Waals surface area (Å²) in [5.41, 5.74) is 1.60. The molecule has 1 atom stereocenters. The molecule has 0 spiro atoms. The second-order valence-electron chi connectivity index (χ2n) is 7.19. The molecular weight excluding hydrogens is 394 g/mol. The zero-order valence-electron chi connectivity index (χ0n) is 16.1. The van der Waals surface area contributed by atoms with Crippen LogP contribution in [-0.2, 0) is 11.2 Å². The summed E-state index contributed by atoms with van der Waals surface area (Å²) in [6.45, 7) is 2.53. The van der Waals surface area contributed by atoms with E-state index in [1.54, 1.807) is 22.7 Å². The van der Waals surface area contributed by atoms with Gasteiger partial charge >= 0.3 is 6.09 Å². The number of carbonyl (C=O) groups is 1. The Bertz CT molecular complexity index is 1160. The van der Waals surface area contributed by atoms with E-state index in [2.05, 4.69) is 4.98 Å². The van der Waals surface area contributed by atoms with Gasteiger partial charge in [-0.05, 0) is 36.8 Å². The first-order valence-corrected chi connectivity index (χ1v) is 9.34. The molecule has 1 fully saturated rings. The van der Waals surface area contributed by atoms with Crippen molar-refractivity contribution in [3.8, 4) is 17.3 Å². The molecule has 1 aromatic carbocycles. The van der Waals surface area contributed by atoms with E-state index in [4.69, 9.17) is 10.00 Å². The second-order valence-corrected chi connectivity index (χ2v) is 7.19. The molecule has 1 N–H and O–H groups in total. The molecular formula is C21H18F2N4O3. The van der Waals surface area contributed by atoms with Gasteiger partial charge in [-0.2, -0.15) is 5.26 Å². The van der Waals surface area contributed by atoms with Crippen LogP contribution in [0, 0.1) is 29.9 Å². The topological polar surface area (TPSA) is 90.9 Å². The number of fused-ring (bicyclic) bond motifs is 1. The van der Waals surface area contributed by atoms with Gasteiger partial charge in [0, 0.05) is 19.2 Å². The molecule has 1 saturated heterocycles. The number of hydrogen-bond acceptors (Lipinski definition) is 4. The minimum atomic E-state index is -1.04. The Kier molecular flexibility index (Phi) is 5.10. The number of nitriles is 1. The predicted molar refractivity (Wildman–Crippen MR) is 103 cm³/mol. The molecule has 0 unspecified atom stereocenters. The van der Waals surface area contributed by atoms with Crippen molar-refractivity contribution in [3.05, 3.63) is 58.9 Å². The summed E-state index contributed by atoms with van der Waals surface area (Å²) >= 11 is 0. The number of carboxylic acid groups (broad SMARTS) is 1. The highest BCUT2D eigenvalue weighted by molar-refractivity contribution is 5.69. The van der Waals surface area contributed by atoms with Crippen LogP contribution in [0.1, 0.15) is 16.8 Å². The third-order valence-corrected chi connectivity index (χ3v) is 5.12. The van der Waals surface area contributed by atoms with Crippen LogP contribution in [0.15, 0.2) is 30.5 Å². The highest BCUT2D eigenvalue weighted by Crippen LogP contribution is 2.32. The Morgan fingerprint density at radius 2 is 2.10 bits per heavy atom. The predicted octanol–water partition coefficient (Wildman–Crippen LogP) is 3.38. The van der Waals surface area contributed by atoms with Crippen LogP contribution in [0.3, 0.4) is 0 Å². The number of hydrogen-bond donors (Lipinski definition) is 1. The molecule has 0 saturated carbocycles. The van der Waals surface area contributed by atoms with Crippen LogP contribution in [-0.4, -0.2) is 51.3 Å². The van der Waals surface area contributed by atoms with Gasteiger partial charge in [0.05, 0.1) is 47.8 Å². The van der Waals surface area contributed by atoms with Gasteiger partial charge in [-0.15, -0.1) is 0 Å². The molecule has 0 radical (unpaired) electrons. The number of nitrogens with zero attached hydrogens (tertiary/aromatic N) is 4. The van der Waals surface area contributed by atoms with E-state index in [9.17, 15) is 18.7 Å². The minimum absolute atomic E-state index is 0.108. The number of morpholine rings is 1. The van der Waals surface area contributed by atoms with Crippen molar-refractivity contribution in [2.24, 2.45) is 0 Å². The maximum Gasteiger partial charge on any atom is 0.407 e. The zero-order chi connectivity index (χ0) is 21.4. The smallest absolute Gasteiger partial charge is 0.407 e. The number of aryl methyl sites for hydroxylation is 1. The molecule has 0 bridgehead atoms. The first-order chi connectivity index (χ1) is 14.4. The largest absolute Gasteiger partial charge is 0.465 e. The molecule has 9 heteroatoms. The number of pyridine rings is 1. The number of benzene rings is 1. The maximum atomic E-state index is 14.8. The number of ether oxygens (including phenoxy) is 1. The first kappa shape index (κ1) is 19.8. The van der Waals surface area contributed by atoms with Crippen molar-refractivity contribution in [1.29, 1.82) is 5.26 Å². The van der Waals surface area contributed by atoms with Crippen LogP contribution in [0.4, 0.5) is 13.6 Å². The second kappa shape index (κ2) is 7.72. The Balaban J connectivity index is 1.83. The van der Waals surface area contributed by atoms with Crippen LogP contribution >= 0.6 is 0 Å². The maximum absolute atomic E-state index is 14.8. The molecule has 3 heterocycles. The summed E-state index contributed by atoms with van der Waals surface area (Å²) in [5, 5.41) is 18.2. The van der Waals surface area contributed by atoms with Crippen LogP contribution in [0.25, 0.3) is 16.9 Å².